The first-order chi connectivity index (χ1) is 8.79. The molecule has 0 amide bonds. The van der Waals surface area contributed by atoms with E-state index < -0.39 is 0 Å². The first-order valence-corrected chi connectivity index (χ1v) is 6.57. The van der Waals surface area contributed by atoms with Crippen LogP contribution in [0.4, 0.5) is 0 Å². The van der Waals surface area contributed by atoms with Crippen molar-refractivity contribution in [2.45, 2.75) is 6.92 Å². The number of benzene rings is 1. The van der Waals surface area contributed by atoms with E-state index in [4.69, 9.17) is 9.72 Å². The molecule has 2 heterocycles. The Kier molecular flexibility index (Phi) is 4.35. The summed E-state index contributed by atoms with van der Waals surface area (Å²) in [5, 5.41) is 3.15. The zero-order valence-electron chi connectivity index (χ0n) is 10.6. The molecule has 2 nitrogen and oxygen atoms in total. The van der Waals surface area contributed by atoms with Crippen molar-refractivity contribution in [1.29, 1.82) is 0 Å². The molecule has 1 radical (unpaired) electrons. The standard InChI is InChI=1S/C15H12NOS.Ir/c1-10-9-12(14-7-4-8-18-14)16-15-11(10)5-3-6-13(15)17-2;/h3-6,8-9H,1-2H3;/q-1;. The number of aromatic nitrogens is 1. The summed E-state index contributed by atoms with van der Waals surface area (Å²) < 4.78 is 5.39. The molecule has 0 spiro atoms. The van der Waals surface area contributed by atoms with Gasteiger partial charge in [0.1, 0.15) is 5.75 Å². The summed E-state index contributed by atoms with van der Waals surface area (Å²) >= 11 is 1.65. The fraction of sp³-hybridized carbons (Fsp3) is 0.133. The third-order valence-electron chi connectivity index (χ3n) is 2.93. The maximum atomic E-state index is 5.39. The average Bonchev–Trinajstić information content (AvgIpc) is 2.92. The van der Waals surface area contributed by atoms with E-state index in [-0.39, 0.29) is 20.1 Å². The summed E-state index contributed by atoms with van der Waals surface area (Å²) in [4.78, 5) is 5.76. The van der Waals surface area contributed by atoms with Gasteiger partial charge in [-0.1, -0.05) is 28.6 Å². The van der Waals surface area contributed by atoms with Gasteiger partial charge in [-0.2, -0.15) is 12.1 Å². The molecule has 4 heteroatoms. The Morgan fingerprint density at radius 3 is 2.84 bits per heavy atom. The van der Waals surface area contributed by atoms with Gasteiger partial charge in [-0.15, -0.1) is 5.38 Å². The number of para-hydroxylation sites is 1. The number of pyridine rings is 1. The van der Waals surface area contributed by atoms with Crippen molar-refractivity contribution < 1.29 is 24.8 Å². The molecule has 0 unspecified atom stereocenters. The topological polar surface area (TPSA) is 22.1 Å². The molecule has 99 valence electrons. The van der Waals surface area contributed by atoms with E-state index in [1.165, 1.54) is 5.56 Å². The molecule has 0 saturated carbocycles. The maximum Gasteiger partial charge on any atom is 0.143 e. The van der Waals surface area contributed by atoms with Gasteiger partial charge in [0, 0.05) is 25.5 Å². The summed E-state index contributed by atoms with van der Waals surface area (Å²) in [6.07, 6.45) is 0. The van der Waals surface area contributed by atoms with Crippen molar-refractivity contribution in [2.24, 2.45) is 0 Å². The van der Waals surface area contributed by atoms with E-state index in [1.807, 2.05) is 23.6 Å². The number of ether oxygens (including phenoxy) is 1. The molecule has 0 N–H and O–H groups in total. The molecule has 0 aliphatic carbocycles. The van der Waals surface area contributed by atoms with Crippen molar-refractivity contribution in [2.75, 3.05) is 7.11 Å². The molecular formula is C15H12IrNOS-. The Morgan fingerprint density at radius 2 is 2.16 bits per heavy atom. The van der Waals surface area contributed by atoms with Gasteiger partial charge in [-0.05, 0) is 18.7 Å². The maximum absolute atomic E-state index is 5.39. The Bertz CT molecular complexity index is 695. The van der Waals surface area contributed by atoms with Crippen LogP contribution in [0.15, 0.2) is 35.7 Å². The predicted octanol–water partition coefficient (Wildman–Crippen LogP) is 4.08. The summed E-state index contributed by atoms with van der Waals surface area (Å²) in [6.45, 7) is 2.10. The SMILES string of the molecule is COc1cccc2c(C)cc(-c3[c-]ccs3)nc12.[Ir]. The van der Waals surface area contributed by atoms with Crippen molar-refractivity contribution in [3.8, 4) is 16.3 Å². The normalized spacial score (nSPS) is 10.2. The first kappa shape index (κ1) is 14.2. The van der Waals surface area contributed by atoms with Crippen molar-refractivity contribution in [3.05, 3.63) is 47.3 Å². The summed E-state index contributed by atoms with van der Waals surface area (Å²) in [5.41, 5.74) is 3.08. The van der Waals surface area contributed by atoms with Crippen LogP contribution in [0.2, 0.25) is 0 Å². The Morgan fingerprint density at radius 1 is 1.32 bits per heavy atom. The number of methoxy groups -OCH3 is 1. The first-order valence-electron chi connectivity index (χ1n) is 5.69. The zero-order chi connectivity index (χ0) is 12.5. The van der Waals surface area contributed by atoms with E-state index in [0.717, 1.165) is 27.2 Å². The minimum atomic E-state index is 0. The molecule has 19 heavy (non-hydrogen) atoms. The molecule has 0 aliphatic rings. The van der Waals surface area contributed by atoms with Crippen LogP contribution in [0, 0.1) is 13.0 Å². The fourth-order valence-corrected chi connectivity index (χ4v) is 2.69. The molecular weight excluding hydrogens is 434 g/mol. The second-order valence-corrected chi connectivity index (χ2v) is 4.99. The van der Waals surface area contributed by atoms with E-state index in [0.29, 0.717) is 0 Å². The van der Waals surface area contributed by atoms with Gasteiger partial charge in [0.2, 0.25) is 0 Å². The number of fused-ring (bicyclic) bond motifs is 1. The zero-order valence-corrected chi connectivity index (χ0v) is 13.8. The van der Waals surface area contributed by atoms with E-state index in [1.54, 1.807) is 18.4 Å². The van der Waals surface area contributed by atoms with Crippen LogP contribution < -0.4 is 4.74 Å². The molecule has 0 aliphatic heterocycles. The van der Waals surface area contributed by atoms with Crippen LogP contribution in [-0.2, 0) is 20.1 Å². The van der Waals surface area contributed by atoms with Crippen LogP contribution in [0.1, 0.15) is 5.56 Å². The van der Waals surface area contributed by atoms with Gasteiger partial charge in [0.25, 0.3) is 0 Å². The second-order valence-electron chi connectivity index (χ2n) is 4.07. The third-order valence-corrected chi connectivity index (χ3v) is 3.77. The van der Waals surface area contributed by atoms with Crippen LogP contribution in [-0.4, -0.2) is 12.1 Å². The molecule has 0 atom stereocenters. The predicted molar refractivity (Wildman–Crippen MR) is 75.2 cm³/mol. The smallest absolute Gasteiger partial charge is 0.143 e. The van der Waals surface area contributed by atoms with Gasteiger partial charge in [-0.25, -0.2) is 11.3 Å². The van der Waals surface area contributed by atoms with Crippen LogP contribution in [0.3, 0.4) is 0 Å². The Hall–Kier alpha value is -1.22. The van der Waals surface area contributed by atoms with E-state index >= 15 is 0 Å². The summed E-state index contributed by atoms with van der Waals surface area (Å²) in [7, 11) is 1.68. The molecule has 3 rings (SSSR count). The number of nitrogens with zero attached hydrogens (tertiary/aromatic N) is 1. The van der Waals surface area contributed by atoms with E-state index in [9.17, 15) is 0 Å². The average molecular weight is 447 g/mol. The number of rotatable bonds is 2. The van der Waals surface area contributed by atoms with Gasteiger partial charge in [-0.3, -0.25) is 0 Å². The summed E-state index contributed by atoms with van der Waals surface area (Å²) in [5.74, 6) is 0.814. The third kappa shape index (κ3) is 2.57. The van der Waals surface area contributed by atoms with Gasteiger partial charge in [0.15, 0.2) is 0 Å². The van der Waals surface area contributed by atoms with Gasteiger partial charge >= 0.3 is 0 Å². The minimum absolute atomic E-state index is 0. The molecule has 3 aromatic rings. The quantitative estimate of drug-likeness (QED) is 0.554. The minimum Gasteiger partial charge on any atom is -0.495 e. The van der Waals surface area contributed by atoms with Crippen LogP contribution >= 0.6 is 11.3 Å². The fourth-order valence-electron chi connectivity index (χ4n) is 2.05. The van der Waals surface area contributed by atoms with Crippen molar-refractivity contribution >= 4 is 22.2 Å². The largest absolute Gasteiger partial charge is 0.495 e. The Labute approximate surface area is 129 Å². The summed E-state index contributed by atoms with van der Waals surface area (Å²) in [6, 6.07) is 13.2. The van der Waals surface area contributed by atoms with E-state index in [2.05, 4.69) is 25.1 Å². The van der Waals surface area contributed by atoms with Gasteiger partial charge < -0.3 is 9.72 Å². The number of hydrogen-bond acceptors (Lipinski definition) is 3. The molecule has 1 aromatic carbocycles. The number of hydrogen-bond donors (Lipinski definition) is 0. The molecule has 0 saturated heterocycles. The van der Waals surface area contributed by atoms with Gasteiger partial charge in [0.05, 0.1) is 12.6 Å². The molecule has 0 fully saturated rings. The number of thiophene rings is 1. The molecule has 0 bridgehead atoms. The molecule has 2 aromatic heterocycles. The van der Waals surface area contributed by atoms with Crippen molar-refractivity contribution in [1.82, 2.24) is 4.98 Å². The second kappa shape index (κ2) is 5.83. The van der Waals surface area contributed by atoms with Crippen LogP contribution in [0.25, 0.3) is 21.5 Å². The Balaban J connectivity index is 0.00000133. The monoisotopic (exact) mass is 447 g/mol. The van der Waals surface area contributed by atoms with Crippen molar-refractivity contribution in [3.63, 3.8) is 0 Å². The number of aryl methyl sites for hydroxylation is 1. The van der Waals surface area contributed by atoms with Crippen LogP contribution in [0.5, 0.6) is 5.75 Å².